The molecule has 2 aromatic carbocycles. The predicted octanol–water partition coefficient (Wildman–Crippen LogP) is 5.04. The number of nitrogens with zero attached hydrogens (tertiary/aromatic N) is 3. The molecule has 0 unspecified atom stereocenters. The van der Waals surface area contributed by atoms with E-state index in [1.165, 1.54) is 18.6 Å². The third-order valence-corrected chi connectivity index (χ3v) is 6.68. The van der Waals surface area contributed by atoms with Gasteiger partial charge in [0.05, 0.1) is 16.8 Å². The molecule has 5 rings (SSSR count). The Balaban J connectivity index is 1.18. The molecular formula is C27H30FN3O2. The fourth-order valence-corrected chi connectivity index (χ4v) is 4.83. The first-order valence-electron chi connectivity index (χ1n) is 12.0. The summed E-state index contributed by atoms with van der Waals surface area (Å²) in [5, 5.41) is 0.823. The second-order valence-corrected chi connectivity index (χ2v) is 9.08. The van der Waals surface area contributed by atoms with Crippen LogP contribution in [-0.4, -0.2) is 53.0 Å². The number of hydrogen-bond donors (Lipinski definition) is 0. The molecule has 33 heavy (non-hydrogen) atoms. The Labute approximate surface area is 194 Å². The lowest BCUT2D eigenvalue weighted by atomic mass is 10.1. The van der Waals surface area contributed by atoms with E-state index in [2.05, 4.69) is 4.90 Å². The van der Waals surface area contributed by atoms with Crippen LogP contribution in [-0.2, 0) is 6.54 Å². The van der Waals surface area contributed by atoms with Crippen molar-refractivity contribution in [3.05, 3.63) is 71.7 Å². The average Bonchev–Trinajstić information content (AvgIpc) is 2.86. The quantitative estimate of drug-likeness (QED) is 0.550. The zero-order chi connectivity index (χ0) is 22.6. The smallest absolute Gasteiger partial charge is 0.257 e. The number of aromatic nitrogens is 1. The zero-order valence-electron chi connectivity index (χ0n) is 18.9. The number of carbonyl (C=O) groups is 1. The maximum atomic E-state index is 13.4. The van der Waals surface area contributed by atoms with E-state index in [9.17, 15) is 9.18 Å². The monoisotopic (exact) mass is 447 g/mol. The zero-order valence-corrected chi connectivity index (χ0v) is 18.9. The van der Waals surface area contributed by atoms with Gasteiger partial charge in [-0.25, -0.2) is 4.39 Å². The van der Waals surface area contributed by atoms with Crippen LogP contribution in [0.3, 0.4) is 0 Å². The van der Waals surface area contributed by atoms with Gasteiger partial charge < -0.3 is 9.64 Å². The van der Waals surface area contributed by atoms with Crippen molar-refractivity contribution in [1.29, 1.82) is 0 Å². The number of ether oxygens (including phenoxy) is 1. The number of amides is 1. The number of likely N-dealkylation sites (tertiary alicyclic amines) is 2. The van der Waals surface area contributed by atoms with Crippen molar-refractivity contribution in [1.82, 2.24) is 14.8 Å². The van der Waals surface area contributed by atoms with Crippen LogP contribution in [0.5, 0.6) is 5.75 Å². The second kappa shape index (κ2) is 9.87. The third kappa shape index (κ3) is 5.17. The molecule has 172 valence electrons. The highest BCUT2D eigenvalue weighted by Crippen LogP contribution is 2.26. The van der Waals surface area contributed by atoms with Crippen LogP contribution in [0.15, 0.2) is 54.6 Å². The molecule has 0 atom stereocenters. The fourth-order valence-electron chi connectivity index (χ4n) is 4.83. The summed E-state index contributed by atoms with van der Waals surface area (Å²) in [4.78, 5) is 22.1. The lowest BCUT2D eigenvalue weighted by Crippen LogP contribution is -2.39. The molecule has 2 saturated heterocycles. The molecule has 3 heterocycles. The second-order valence-electron chi connectivity index (χ2n) is 9.08. The highest BCUT2D eigenvalue weighted by atomic mass is 19.1. The molecule has 3 aromatic rings. The molecular weight excluding hydrogens is 417 g/mol. The minimum atomic E-state index is -0.238. The number of benzene rings is 2. The number of piperidine rings is 2. The summed E-state index contributed by atoms with van der Waals surface area (Å²) in [6.07, 6.45) is 5.28. The van der Waals surface area contributed by atoms with Crippen molar-refractivity contribution in [2.45, 2.75) is 44.8 Å². The molecule has 0 spiro atoms. The summed E-state index contributed by atoms with van der Waals surface area (Å²) in [6, 6.07) is 16.3. The highest BCUT2D eigenvalue weighted by Gasteiger charge is 2.25. The van der Waals surface area contributed by atoms with Crippen molar-refractivity contribution in [3.8, 4) is 5.75 Å². The molecule has 0 bridgehead atoms. The van der Waals surface area contributed by atoms with Crippen LogP contribution in [0.25, 0.3) is 10.9 Å². The molecule has 2 aliphatic heterocycles. The minimum absolute atomic E-state index is 0.0880. The molecule has 5 nitrogen and oxygen atoms in total. The summed E-state index contributed by atoms with van der Waals surface area (Å²) in [5.41, 5.74) is 2.49. The summed E-state index contributed by atoms with van der Waals surface area (Å²) in [5.74, 6) is 0.554. The maximum Gasteiger partial charge on any atom is 0.257 e. The molecule has 2 fully saturated rings. The summed E-state index contributed by atoms with van der Waals surface area (Å²) in [7, 11) is 0. The minimum Gasteiger partial charge on any atom is -0.489 e. The van der Waals surface area contributed by atoms with Gasteiger partial charge in [-0.05, 0) is 68.5 Å². The van der Waals surface area contributed by atoms with E-state index in [4.69, 9.17) is 9.72 Å². The Hall–Kier alpha value is -2.99. The molecule has 6 heteroatoms. The van der Waals surface area contributed by atoms with Gasteiger partial charge in [0.2, 0.25) is 0 Å². The number of halogens is 1. The van der Waals surface area contributed by atoms with E-state index in [0.29, 0.717) is 11.3 Å². The van der Waals surface area contributed by atoms with Gasteiger partial charge in [-0.2, -0.15) is 0 Å². The van der Waals surface area contributed by atoms with Crippen LogP contribution in [0, 0.1) is 5.82 Å². The van der Waals surface area contributed by atoms with E-state index in [0.717, 1.165) is 75.0 Å². The number of rotatable bonds is 5. The van der Waals surface area contributed by atoms with Gasteiger partial charge in [0.25, 0.3) is 5.91 Å². The van der Waals surface area contributed by atoms with Crippen LogP contribution in [0.4, 0.5) is 4.39 Å². The number of hydrogen-bond acceptors (Lipinski definition) is 4. The van der Waals surface area contributed by atoms with Crippen molar-refractivity contribution >= 4 is 16.8 Å². The van der Waals surface area contributed by atoms with Gasteiger partial charge in [0.1, 0.15) is 17.7 Å². The van der Waals surface area contributed by atoms with E-state index in [1.807, 2.05) is 41.3 Å². The summed E-state index contributed by atoms with van der Waals surface area (Å²) < 4.78 is 19.7. The Kier molecular flexibility index (Phi) is 6.53. The van der Waals surface area contributed by atoms with Crippen LogP contribution < -0.4 is 4.74 Å². The number of carbonyl (C=O) groups excluding carboxylic acids is 1. The van der Waals surface area contributed by atoms with Gasteiger partial charge in [-0.15, -0.1) is 0 Å². The first kappa shape index (κ1) is 21.8. The Bertz CT molecular complexity index is 1120. The number of para-hydroxylation sites is 1. The van der Waals surface area contributed by atoms with Crippen LogP contribution >= 0.6 is 0 Å². The van der Waals surface area contributed by atoms with Gasteiger partial charge in [-0.3, -0.25) is 14.7 Å². The molecule has 1 amide bonds. The lowest BCUT2D eigenvalue weighted by molar-refractivity contribution is 0.0701. The van der Waals surface area contributed by atoms with Gasteiger partial charge in [0, 0.05) is 38.1 Å². The normalized spacial score (nSPS) is 17.9. The average molecular weight is 448 g/mol. The summed E-state index contributed by atoms with van der Waals surface area (Å²) >= 11 is 0. The number of pyridine rings is 1. The Morgan fingerprint density at radius 1 is 0.970 bits per heavy atom. The van der Waals surface area contributed by atoms with Crippen molar-refractivity contribution in [2.75, 3.05) is 26.2 Å². The van der Waals surface area contributed by atoms with E-state index in [-0.39, 0.29) is 17.8 Å². The van der Waals surface area contributed by atoms with Crippen molar-refractivity contribution in [2.24, 2.45) is 0 Å². The molecule has 0 radical (unpaired) electrons. The van der Waals surface area contributed by atoms with Crippen LogP contribution in [0.1, 0.15) is 48.2 Å². The Morgan fingerprint density at radius 2 is 1.76 bits per heavy atom. The third-order valence-electron chi connectivity index (χ3n) is 6.68. The highest BCUT2D eigenvalue weighted by molar-refractivity contribution is 5.97. The van der Waals surface area contributed by atoms with Crippen molar-refractivity contribution < 1.29 is 13.9 Å². The van der Waals surface area contributed by atoms with Gasteiger partial charge >= 0.3 is 0 Å². The fraction of sp³-hybridized carbons (Fsp3) is 0.407. The van der Waals surface area contributed by atoms with E-state index in [1.54, 1.807) is 6.07 Å². The standard InChI is InChI=1S/C27H30FN3O2/c28-21-9-11-25-20(18-21)8-10-22(29-25)19-30-16-12-23(13-17-30)33-26-7-3-2-6-24(26)27(32)31-14-4-1-5-15-31/h2-3,6-11,18,23H,1,4-5,12-17,19H2. The van der Waals surface area contributed by atoms with Gasteiger partial charge in [0.15, 0.2) is 0 Å². The van der Waals surface area contributed by atoms with E-state index >= 15 is 0 Å². The largest absolute Gasteiger partial charge is 0.489 e. The Morgan fingerprint density at radius 3 is 2.58 bits per heavy atom. The lowest BCUT2D eigenvalue weighted by Gasteiger charge is -2.33. The van der Waals surface area contributed by atoms with Crippen LogP contribution in [0.2, 0.25) is 0 Å². The number of fused-ring (bicyclic) bond motifs is 1. The maximum absolute atomic E-state index is 13.4. The molecule has 0 N–H and O–H groups in total. The molecule has 2 aliphatic rings. The first-order chi connectivity index (χ1) is 16.2. The van der Waals surface area contributed by atoms with Gasteiger partial charge in [-0.1, -0.05) is 18.2 Å². The first-order valence-corrected chi connectivity index (χ1v) is 12.0. The molecule has 1 aromatic heterocycles. The molecule has 0 saturated carbocycles. The predicted molar refractivity (Wildman–Crippen MR) is 127 cm³/mol. The SMILES string of the molecule is O=C(c1ccccc1OC1CCN(Cc2ccc3cc(F)ccc3n2)CC1)N1CCCCC1. The molecule has 0 aliphatic carbocycles. The van der Waals surface area contributed by atoms with Crippen molar-refractivity contribution in [3.63, 3.8) is 0 Å². The summed E-state index contributed by atoms with van der Waals surface area (Å²) in [6.45, 7) is 4.27. The van der Waals surface area contributed by atoms with E-state index < -0.39 is 0 Å². The topological polar surface area (TPSA) is 45.7 Å².